The first kappa shape index (κ1) is 25.2. The predicted molar refractivity (Wildman–Crippen MR) is 135 cm³/mol. The van der Waals surface area contributed by atoms with Gasteiger partial charge in [0.25, 0.3) is 0 Å². The molecule has 1 aliphatic carbocycles. The van der Waals surface area contributed by atoms with Crippen molar-refractivity contribution in [1.29, 1.82) is 0 Å². The van der Waals surface area contributed by atoms with Gasteiger partial charge in [-0.05, 0) is 68.4 Å². The smallest absolute Gasteiger partial charge is 0.354 e. The lowest BCUT2D eigenvalue weighted by molar-refractivity contribution is 0.0689. The van der Waals surface area contributed by atoms with Gasteiger partial charge in [-0.15, -0.1) is 0 Å². The van der Waals surface area contributed by atoms with E-state index in [1.165, 1.54) is 6.07 Å². The first-order valence-corrected chi connectivity index (χ1v) is 12.2. The maximum atomic E-state index is 13.1. The van der Waals surface area contributed by atoms with Crippen LogP contribution in [0.4, 0.5) is 11.6 Å². The summed E-state index contributed by atoms with van der Waals surface area (Å²) >= 11 is 0. The van der Waals surface area contributed by atoms with Crippen molar-refractivity contribution in [3.8, 4) is 11.6 Å². The number of ether oxygens (including phenoxy) is 1. The van der Waals surface area contributed by atoms with Crippen LogP contribution in [0.5, 0.6) is 11.6 Å². The van der Waals surface area contributed by atoms with Gasteiger partial charge in [0.05, 0.1) is 0 Å². The van der Waals surface area contributed by atoms with Crippen LogP contribution in [0.3, 0.4) is 0 Å². The summed E-state index contributed by atoms with van der Waals surface area (Å²) in [6.07, 6.45) is 4.35. The third-order valence-corrected chi connectivity index (χ3v) is 6.63. The van der Waals surface area contributed by atoms with E-state index in [-0.39, 0.29) is 29.8 Å². The lowest BCUT2D eigenvalue weighted by Crippen LogP contribution is -2.43. The van der Waals surface area contributed by atoms with Gasteiger partial charge in [0.15, 0.2) is 5.69 Å². The van der Waals surface area contributed by atoms with Gasteiger partial charge in [0.2, 0.25) is 11.8 Å². The van der Waals surface area contributed by atoms with Gasteiger partial charge >= 0.3 is 17.3 Å². The largest absolute Gasteiger partial charge is 0.477 e. The topological polar surface area (TPSA) is 128 Å². The van der Waals surface area contributed by atoms with Crippen LogP contribution in [0, 0.1) is 18.8 Å². The Labute approximate surface area is 208 Å². The zero-order chi connectivity index (χ0) is 25.8. The Morgan fingerprint density at radius 3 is 2.53 bits per heavy atom. The van der Waals surface area contributed by atoms with Crippen molar-refractivity contribution < 1.29 is 14.6 Å². The molecule has 0 aliphatic heterocycles. The SMILES string of the molecule is CCn1c(=O)nc(Nc2ccc(Oc3cccc(C(=O)O)n3)c(C)c2)n(CC2CCC(C)CC2)c1=O. The Morgan fingerprint density at radius 2 is 1.86 bits per heavy atom. The van der Waals surface area contributed by atoms with Crippen LogP contribution in [0.25, 0.3) is 0 Å². The molecule has 1 aliphatic rings. The van der Waals surface area contributed by atoms with Crippen molar-refractivity contribution in [2.45, 2.75) is 59.5 Å². The van der Waals surface area contributed by atoms with Crippen molar-refractivity contribution in [2.24, 2.45) is 11.8 Å². The molecule has 36 heavy (non-hydrogen) atoms. The molecule has 4 rings (SSSR count). The summed E-state index contributed by atoms with van der Waals surface area (Å²) in [5.74, 6) is 0.803. The summed E-state index contributed by atoms with van der Waals surface area (Å²) in [6.45, 7) is 6.61. The Hall–Kier alpha value is -3.95. The predicted octanol–water partition coefficient (Wildman–Crippen LogP) is 4.19. The molecule has 0 atom stereocenters. The fourth-order valence-electron chi connectivity index (χ4n) is 4.50. The number of benzene rings is 1. The molecular formula is C26H31N5O5. The van der Waals surface area contributed by atoms with E-state index in [4.69, 9.17) is 9.84 Å². The average Bonchev–Trinajstić information content (AvgIpc) is 2.85. The molecule has 0 unspecified atom stereocenters. The molecule has 0 spiro atoms. The molecule has 10 nitrogen and oxygen atoms in total. The summed E-state index contributed by atoms with van der Waals surface area (Å²) in [4.78, 5) is 45.0. The molecule has 1 aromatic carbocycles. The highest BCUT2D eigenvalue weighted by molar-refractivity contribution is 5.85. The molecule has 190 valence electrons. The molecule has 1 fully saturated rings. The number of rotatable bonds is 8. The highest BCUT2D eigenvalue weighted by Crippen LogP contribution is 2.30. The summed E-state index contributed by atoms with van der Waals surface area (Å²) in [5, 5.41) is 12.3. The van der Waals surface area contributed by atoms with Crippen LogP contribution >= 0.6 is 0 Å². The number of aryl methyl sites for hydroxylation is 1. The maximum Gasteiger partial charge on any atom is 0.354 e. The number of hydrogen-bond acceptors (Lipinski definition) is 7. The van der Waals surface area contributed by atoms with E-state index in [1.54, 1.807) is 41.8 Å². The number of carboxylic acids is 1. The van der Waals surface area contributed by atoms with Crippen LogP contribution in [0.2, 0.25) is 0 Å². The van der Waals surface area contributed by atoms with Crippen LogP contribution < -0.4 is 21.4 Å². The number of nitrogens with zero attached hydrogens (tertiary/aromatic N) is 4. The molecule has 0 radical (unpaired) electrons. The lowest BCUT2D eigenvalue weighted by Gasteiger charge is -2.27. The molecule has 1 saturated carbocycles. The van der Waals surface area contributed by atoms with Gasteiger partial charge in [-0.2, -0.15) is 4.98 Å². The molecule has 10 heteroatoms. The Bertz CT molecular complexity index is 1370. The molecule has 0 bridgehead atoms. The fourth-order valence-corrected chi connectivity index (χ4v) is 4.50. The van der Waals surface area contributed by atoms with E-state index in [2.05, 4.69) is 22.2 Å². The third kappa shape index (κ3) is 5.64. The highest BCUT2D eigenvalue weighted by Gasteiger charge is 2.22. The second-order valence-corrected chi connectivity index (χ2v) is 9.35. The number of carboxylic acid groups (broad SMARTS) is 1. The normalized spacial score (nSPS) is 17.5. The van der Waals surface area contributed by atoms with E-state index >= 15 is 0 Å². The van der Waals surface area contributed by atoms with Crippen LogP contribution in [0.15, 0.2) is 46.0 Å². The number of hydrogen-bond donors (Lipinski definition) is 2. The second-order valence-electron chi connectivity index (χ2n) is 9.35. The molecule has 2 N–H and O–H groups in total. The molecule has 0 amide bonds. The Kier molecular flexibility index (Phi) is 7.52. The quantitative estimate of drug-likeness (QED) is 0.478. The minimum absolute atomic E-state index is 0.110. The lowest BCUT2D eigenvalue weighted by atomic mass is 9.83. The highest BCUT2D eigenvalue weighted by atomic mass is 16.5. The maximum absolute atomic E-state index is 13.1. The van der Waals surface area contributed by atoms with E-state index in [0.717, 1.165) is 35.8 Å². The zero-order valence-corrected chi connectivity index (χ0v) is 20.7. The van der Waals surface area contributed by atoms with Crippen molar-refractivity contribution >= 4 is 17.6 Å². The van der Waals surface area contributed by atoms with Gasteiger partial charge in [0.1, 0.15) is 5.75 Å². The van der Waals surface area contributed by atoms with Crippen LogP contribution in [-0.4, -0.2) is 30.2 Å². The molecule has 0 saturated heterocycles. The summed E-state index contributed by atoms with van der Waals surface area (Å²) < 4.78 is 8.51. The monoisotopic (exact) mass is 493 g/mol. The molecule has 3 aromatic rings. The van der Waals surface area contributed by atoms with Crippen molar-refractivity contribution in [2.75, 3.05) is 5.32 Å². The Morgan fingerprint density at radius 1 is 1.11 bits per heavy atom. The van der Waals surface area contributed by atoms with Gasteiger partial charge in [0, 0.05) is 24.8 Å². The van der Waals surface area contributed by atoms with Gasteiger partial charge < -0.3 is 15.2 Å². The van der Waals surface area contributed by atoms with Gasteiger partial charge in [-0.3, -0.25) is 4.57 Å². The number of aromatic nitrogens is 4. The number of aromatic carboxylic acids is 1. The van der Waals surface area contributed by atoms with E-state index in [9.17, 15) is 14.4 Å². The van der Waals surface area contributed by atoms with Gasteiger partial charge in [-0.1, -0.05) is 25.8 Å². The van der Waals surface area contributed by atoms with E-state index < -0.39 is 11.7 Å². The summed E-state index contributed by atoms with van der Waals surface area (Å²) in [5.41, 5.74) is 0.333. The first-order valence-electron chi connectivity index (χ1n) is 12.2. The number of pyridine rings is 1. The van der Waals surface area contributed by atoms with Crippen molar-refractivity contribution in [1.82, 2.24) is 19.1 Å². The van der Waals surface area contributed by atoms with Crippen LogP contribution in [0.1, 0.15) is 55.6 Å². The number of carbonyl (C=O) groups is 1. The first-order chi connectivity index (χ1) is 17.2. The van der Waals surface area contributed by atoms with E-state index in [0.29, 0.717) is 29.8 Å². The minimum Gasteiger partial charge on any atom is -0.477 e. The average molecular weight is 494 g/mol. The number of anilines is 2. The van der Waals surface area contributed by atoms with Crippen molar-refractivity contribution in [3.63, 3.8) is 0 Å². The Balaban J connectivity index is 1.59. The summed E-state index contributed by atoms with van der Waals surface area (Å²) in [7, 11) is 0. The minimum atomic E-state index is -1.14. The standard InChI is InChI=1S/C26H31N5O5/c1-4-30-25(34)29-24(31(26(30)35)15-18-10-8-16(2)9-11-18)27-19-12-13-21(17(3)14-19)36-22-7-5-6-20(28-22)23(32)33/h5-7,12-14,16,18H,4,8-11,15H2,1-3H3,(H,32,33)(H,27,29,34). The zero-order valence-electron chi connectivity index (χ0n) is 20.7. The third-order valence-electron chi connectivity index (χ3n) is 6.63. The molecule has 2 heterocycles. The van der Waals surface area contributed by atoms with E-state index in [1.807, 2.05) is 6.92 Å². The molecule has 2 aromatic heterocycles. The van der Waals surface area contributed by atoms with Crippen LogP contribution in [-0.2, 0) is 13.1 Å². The second kappa shape index (κ2) is 10.8. The molecular weight excluding hydrogens is 462 g/mol. The fraction of sp³-hybridized carbons (Fsp3) is 0.423. The summed E-state index contributed by atoms with van der Waals surface area (Å²) in [6, 6.07) is 9.80. The van der Waals surface area contributed by atoms with Gasteiger partial charge in [-0.25, -0.2) is 23.9 Å². The number of nitrogens with one attached hydrogen (secondary N) is 1. The van der Waals surface area contributed by atoms with Crippen molar-refractivity contribution in [3.05, 3.63) is 68.6 Å².